The van der Waals surface area contributed by atoms with E-state index in [1.54, 1.807) is 23.7 Å². The first-order chi connectivity index (χ1) is 9.65. The third-order valence-corrected chi connectivity index (χ3v) is 3.16. The maximum atomic E-state index is 12.3. The fourth-order valence-electron chi connectivity index (χ4n) is 2.06. The first-order valence-corrected chi connectivity index (χ1v) is 6.23. The predicted octanol–water partition coefficient (Wildman–Crippen LogP) is 2.26. The summed E-state index contributed by atoms with van der Waals surface area (Å²) in [6.07, 6.45) is 0. The lowest BCUT2D eigenvalue weighted by Crippen LogP contribution is -2.21. The molecule has 0 saturated carbocycles. The molecule has 1 heterocycles. The molecule has 3 rings (SSSR count). The normalized spacial score (nSPS) is 10.7. The highest BCUT2D eigenvalue weighted by Gasteiger charge is 2.08. The van der Waals surface area contributed by atoms with Crippen LogP contribution in [0.5, 0.6) is 0 Å². The Morgan fingerprint density at radius 1 is 1.10 bits per heavy atom. The number of anilines is 3. The minimum atomic E-state index is -0.166. The molecule has 1 aromatic heterocycles. The molecular weight excluding hydrogens is 252 g/mol. The molecule has 0 aliphatic heterocycles. The third kappa shape index (κ3) is 2.09. The van der Waals surface area contributed by atoms with Crippen LogP contribution in [-0.2, 0) is 7.05 Å². The first-order valence-electron chi connectivity index (χ1n) is 6.23. The van der Waals surface area contributed by atoms with Gasteiger partial charge in [-0.05, 0) is 36.4 Å². The van der Waals surface area contributed by atoms with Crippen molar-refractivity contribution in [2.45, 2.75) is 0 Å². The summed E-state index contributed by atoms with van der Waals surface area (Å²) >= 11 is 0. The molecule has 3 aromatic rings. The van der Waals surface area contributed by atoms with E-state index in [4.69, 9.17) is 5.73 Å². The van der Waals surface area contributed by atoms with Gasteiger partial charge >= 0.3 is 0 Å². The summed E-state index contributed by atoms with van der Waals surface area (Å²) in [5, 5.41) is 3.03. The van der Waals surface area contributed by atoms with Gasteiger partial charge in [0, 0.05) is 18.4 Å². The van der Waals surface area contributed by atoms with Gasteiger partial charge in [0.2, 0.25) is 0 Å². The summed E-state index contributed by atoms with van der Waals surface area (Å²) < 4.78 is 1.59. The molecule has 0 amide bonds. The molecule has 0 spiro atoms. The van der Waals surface area contributed by atoms with E-state index in [9.17, 15) is 4.79 Å². The van der Waals surface area contributed by atoms with Crippen LogP contribution in [0.3, 0.4) is 0 Å². The average molecular weight is 266 g/mol. The largest absolute Gasteiger partial charge is 0.399 e. The second-order valence-corrected chi connectivity index (χ2v) is 4.56. The minimum Gasteiger partial charge on any atom is -0.399 e. The molecule has 0 bridgehead atoms. The van der Waals surface area contributed by atoms with E-state index in [2.05, 4.69) is 10.3 Å². The number of hydrogen-bond acceptors (Lipinski definition) is 4. The van der Waals surface area contributed by atoms with Gasteiger partial charge in [0.15, 0.2) is 5.82 Å². The second-order valence-electron chi connectivity index (χ2n) is 4.56. The van der Waals surface area contributed by atoms with Gasteiger partial charge in [0.25, 0.3) is 5.56 Å². The summed E-state index contributed by atoms with van der Waals surface area (Å²) in [5.74, 6) is 0.302. The van der Waals surface area contributed by atoms with E-state index in [1.807, 2.05) is 36.4 Å². The highest BCUT2D eigenvalue weighted by molar-refractivity contribution is 5.76. The molecule has 0 atom stereocenters. The van der Waals surface area contributed by atoms with E-state index in [1.165, 1.54) is 0 Å². The number of benzene rings is 2. The molecule has 2 aromatic carbocycles. The molecule has 100 valence electrons. The molecule has 0 radical (unpaired) electrons. The van der Waals surface area contributed by atoms with Gasteiger partial charge in [-0.25, -0.2) is 4.98 Å². The van der Waals surface area contributed by atoms with Crippen LogP contribution in [0.2, 0.25) is 0 Å². The fourth-order valence-corrected chi connectivity index (χ4v) is 2.06. The Bertz CT molecular complexity index is 821. The van der Waals surface area contributed by atoms with Crippen molar-refractivity contribution >= 4 is 28.2 Å². The molecule has 0 fully saturated rings. The van der Waals surface area contributed by atoms with E-state index in [0.717, 1.165) is 16.7 Å². The maximum absolute atomic E-state index is 12.3. The van der Waals surface area contributed by atoms with Crippen LogP contribution in [0, 0.1) is 0 Å². The van der Waals surface area contributed by atoms with Crippen LogP contribution in [-0.4, -0.2) is 9.55 Å². The summed E-state index contributed by atoms with van der Waals surface area (Å²) in [6.45, 7) is 0. The van der Waals surface area contributed by atoms with Crippen LogP contribution < -0.4 is 16.6 Å². The number of nitrogens with zero attached hydrogens (tertiary/aromatic N) is 2. The quantitative estimate of drug-likeness (QED) is 0.698. The van der Waals surface area contributed by atoms with Gasteiger partial charge in [-0.1, -0.05) is 12.1 Å². The Balaban J connectivity index is 2.10. The van der Waals surface area contributed by atoms with E-state index in [-0.39, 0.29) is 5.56 Å². The van der Waals surface area contributed by atoms with Gasteiger partial charge < -0.3 is 15.6 Å². The summed E-state index contributed by atoms with van der Waals surface area (Å²) in [7, 11) is 1.74. The number of nitrogens with two attached hydrogens (primary N) is 1. The van der Waals surface area contributed by atoms with Crippen LogP contribution in [0.15, 0.2) is 53.3 Å². The lowest BCUT2D eigenvalue weighted by atomic mass is 10.3. The van der Waals surface area contributed by atoms with Gasteiger partial charge in [0.1, 0.15) is 0 Å². The summed E-state index contributed by atoms with van der Waals surface area (Å²) in [5.41, 5.74) is 8.50. The smallest absolute Gasteiger partial charge is 0.293 e. The molecule has 5 heteroatoms. The van der Waals surface area contributed by atoms with Crippen molar-refractivity contribution in [3.8, 4) is 0 Å². The number of hydrogen-bond donors (Lipinski definition) is 2. The summed E-state index contributed by atoms with van der Waals surface area (Å²) in [6, 6.07) is 14.7. The van der Waals surface area contributed by atoms with Gasteiger partial charge in [-0.15, -0.1) is 0 Å². The van der Waals surface area contributed by atoms with Gasteiger partial charge in [0.05, 0.1) is 11.0 Å². The lowest BCUT2D eigenvalue weighted by molar-refractivity contribution is 0.896. The maximum Gasteiger partial charge on any atom is 0.293 e. The molecule has 5 nitrogen and oxygen atoms in total. The zero-order chi connectivity index (χ0) is 14.1. The highest BCUT2D eigenvalue weighted by Crippen LogP contribution is 2.16. The topological polar surface area (TPSA) is 72.9 Å². The number of aromatic nitrogens is 2. The first kappa shape index (κ1) is 12.2. The van der Waals surface area contributed by atoms with Crippen molar-refractivity contribution in [2.24, 2.45) is 7.05 Å². The molecule has 0 unspecified atom stereocenters. The van der Waals surface area contributed by atoms with Crippen LogP contribution in [0.25, 0.3) is 11.0 Å². The molecule has 0 aliphatic rings. The Kier molecular flexibility index (Phi) is 2.87. The zero-order valence-electron chi connectivity index (χ0n) is 11.0. The molecular formula is C15H14N4O. The van der Waals surface area contributed by atoms with E-state index in [0.29, 0.717) is 11.5 Å². The number of nitrogens with one attached hydrogen (secondary N) is 1. The average Bonchev–Trinajstić information content (AvgIpc) is 2.47. The predicted molar refractivity (Wildman–Crippen MR) is 81.1 cm³/mol. The highest BCUT2D eigenvalue weighted by atomic mass is 16.1. The summed E-state index contributed by atoms with van der Waals surface area (Å²) in [4.78, 5) is 16.6. The number of nitrogen functional groups attached to an aromatic ring is 1. The number of aryl methyl sites for hydroxylation is 1. The van der Waals surface area contributed by atoms with Crippen molar-refractivity contribution < 1.29 is 0 Å². The Labute approximate surface area is 115 Å². The van der Waals surface area contributed by atoms with Crippen LogP contribution >= 0.6 is 0 Å². The third-order valence-electron chi connectivity index (χ3n) is 3.16. The fraction of sp³-hybridized carbons (Fsp3) is 0.0667. The Morgan fingerprint density at radius 2 is 1.80 bits per heavy atom. The van der Waals surface area contributed by atoms with Crippen molar-refractivity contribution in [1.29, 1.82) is 0 Å². The van der Waals surface area contributed by atoms with Gasteiger partial charge in [-0.3, -0.25) is 4.79 Å². The second kappa shape index (κ2) is 4.70. The monoisotopic (exact) mass is 266 g/mol. The van der Waals surface area contributed by atoms with Crippen molar-refractivity contribution in [3.05, 3.63) is 58.9 Å². The Hall–Kier alpha value is -2.82. The van der Waals surface area contributed by atoms with Crippen LogP contribution in [0.4, 0.5) is 17.2 Å². The number of rotatable bonds is 2. The standard InChI is InChI=1S/C15H14N4O/c1-19-13-5-3-2-4-12(13)18-14(15(19)20)17-11-8-6-10(16)7-9-11/h2-9H,16H2,1H3,(H,17,18). The number of fused-ring (bicyclic) bond motifs is 1. The molecule has 0 aliphatic carbocycles. The SMILES string of the molecule is Cn1c(=O)c(Nc2ccc(N)cc2)nc2ccccc21. The van der Waals surface area contributed by atoms with Crippen molar-refractivity contribution in [1.82, 2.24) is 9.55 Å². The molecule has 3 N–H and O–H groups in total. The minimum absolute atomic E-state index is 0.166. The van der Waals surface area contributed by atoms with E-state index >= 15 is 0 Å². The van der Waals surface area contributed by atoms with Crippen LogP contribution in [0.1, 0.15) is 0 Å². The molecule has 0 saturated heterocycles. The van der Waals surface area contributed by atoms with E-state index < -0.39 is 0 Å². The Morgan fingerprint density at radius 3 is 2.55 bits per heavy atom. The molecule has 20 heavy (non-hydrogen) atoms. The van der Waals surface area contributed by atoms with Crippen molar-refractivity contribution in [3.63, 3.8) is 0 Å². The lowest BCUT2D eigenvalue weighted by Gasteiger charge is -2.09. The zero-order valence-corrected chi connectivity index (χ0v) is 11.0. The van der Waals surface area contributed by atoms with Crippen molar-refractivity contribution in [2.75, 3.05) is 11.1 Å². The number of para-hydroxylation sites is 2. The van der Waals surface area contributed by atoms with Gasteiger partial charge in [-0.2, -0.15) is 0 Å².